The van der Waals surface area contributed by atoms with Gasteiger partial charge in [0.15, 0.2) is 11.4 Å². The lowest BCUT2D eigenvalue weighted by Crippen LogP contribution is -2.47. The van der Waals surface area contributed by atoms with Crippen LogP contribution in [0.15, 0.2) is 36.9 Å². The number of benzene rings is 1. The molecule has 0 heterocycles. The summed E-state index contributed by atoms with van der Waals surface area (Å²) in [4.78, 5) is 12.3. The van der Waals surface area contributed by atoms with Crippen LogP contribution in [0, 0.1) is 5.41 Å². The maximum Gasteiger partial charge on any atom is 0.191 e. The lowest BCUT2D eigenvalue weighted by molar-refractivity contribution is -0.149. The van der Waals surface area contributed by atoms with Gasteiger partial charge in [-0.25, -0.2) is 0 Å². The van der Waals surface area contributed by atoms with Gasteiger partial charge in [-0.05, 0) is 36.5 Å². The van der Waals surface area contributed by atoms with Crippen LogP contribution in [0.4, 0.5) is 0 Å². The Morgan fingerprint density at radius 2 is 2.00 bits per heavy atom. The van der Waals surface area contributed by atoms with Crippen LogP contribution in [0.1, 0.15) is 37.8 Å². The highest BCUT2D eigenvalue weighted by atomic mass is 16.3. The Balaban J connectivity index is 2.69. The van der Waals surface area contributed by atoms with Gasteiger partial charge in [0.1, 0.15) is 0 Å². The molecule has 1 aliphatic rings. The fraction of sp³-hybridized carbons (Fsp3) is 0.438. The third-order valence-corrected chi connectivity index (χ3v) is 4.60. The number of aliphatic hydroxyl groups is 1. The molecule has 2 rings (SSSR count). The number of fused-ring (bicyclic) bond motifs is 1. The lowest BCUT2D eigenvalue weighted by atomic mass is 9.66. The minimum absolute atomic E-state index is 0.281. The normalized spacial score (nSPS) is 24.6. The molecule has 1 atom stereocenters. The standard InChI is InChI=1S/C16H20O2/c1-4-14(17)16(18)13-10-8-7-9-12(13)11-15(16,5-2)6-3/h4,7-10,18H,1,5-6,11H2,2-3H3. The van der Waals surface area contributed by atoms with Crippen molar-refractivity contribution in [1.29, 1.82) is 0 Å². The summed E-state index contributed by atoms with van der Waals surface area (Å²) in [5.41, 5.74) is 0.0362. The van der Waals surface area contributed by atoms with Crippen molar-refractivity contribution in [3.05, 3.63) is 48.0 Å². The number of ketones is 1. The fourth-order valence-corrected chi connectivity index (χ4v) is 3.36. The van der Waals surface area contributed by atoms with E-state index < -0.39 is 11.0 Å². The zero-order valence-electron chi connectivity index (χ0n) is 11.1. The molecule has 1 unspecified atom stereocenters. The second kappa shape index (κ2) is 4.36. The average Bonchev–Trinajstić information content (AvgIpc) is 2.69. The predicted molar refractivity (Wildman–Crippen MR) is 72.3 cm³/mol. The molecule has 18 heavy (non-hydrogen) atoms. The molecule has 2 nitrogen and oxygen atoms in total. The Morgan fingerprint density at radius 3 is 2.56 bits per heavy atom. The van der Waals surface area contributed by atoms with Gasteiger partial charge in [0.25, 0.3) is 0 Å². The van der Waals surface area contributed by atoms with Gasteiger partial charge in [0.05, 0.1) is 0 Å². The SMILES string of the molecule is C=CC(=O)C1(O)c2ccccc2CC1(CC)CC. The molecule has 0 aromatic heterocycles. The molecule has 0 spiro atoms. The first kappa shape index (κ1) is 13.0. The van der Waals surface area contributed by atoms with Crippen molar-refractivity contribution in [3.63, 3.8) is 0 Å². The average molecular weight is 244 g/mol. The van der Waals surface area contributed by atoms with Crippen molar-refractivity contribution in [3.8, 4) is 0 Å². The summed E-state index contributed by atoms with van der Waals surface area (Å²) in [6.45, 7) is 7.62. The van der Waals surface area contributed by atoms with E-state index in [4.69, 9.17) is 0 Å². The summed E-state index contributed by atoms with van der Waals surface area (Å²) in [6.07, 6.45) is 3.55. The predicted octanol–water partition coefficient (Wildman–Crippen LogP) is 2.99. The first-order valence-electron chi connectivity index (χ1n) is 6.53. The van der Waals surface area contributed by atoms with E-state index in [1.807, 2.05) is 38.1 Å². The highest BCUT2D eigenvalue weighted by Gasteiger charge is 2.58. The molecule has 0 radical (unpaired) electrons. The molecule has 1 N–H and O–H groups in total. The molecule has 0 amide bonds. The Morgan fingerprint density at radius 1 is 1.39 bits per heavy atom. The van der Waals surface area contributed by atoms with Gasteiger partial charge < -0.3 is 5.11 Å². The monoisotopic (exact) mass is 244 g/mol. The van der Waals surface area contributed by atoms with Gasteiger partial charge in [-0.2, -0.15) is 0 Å². The molecule has 0 saturated carbocycles. The van der Waals surface area contributed by atoms with Crippen LogP contribution in [0.25, 0.3) is 0 Å². The van der Waals surface area contributed by atoms with Gasteiger partial charge in [-0.3, -0.25) is 4.79 Å². The fourth-order valence-electron chi connectivity index (χ4n) is 3.36. The molecule has 0 saturated heterocycles. The smallest absolute Gasteiger partial charge is 0.191 e. The van der Waals surface area contributed by atoms with Gasteiger partial charge in [-0.1, -0.05) is 44.7 Å². The Kier molecular flexibility index (Phi) is 3.16. The van der Waals surface area contributed by atoms with Crippen LogP contribution in [0.2, 0.25) is 0 Å². The van der Waals surface area contributed by atoms with Crippen LogP contribution in [-0.2, 0) is 16.8 Å². The van der Waals surface area contributed by atoms with E-state index in [1.165, 1.54) is 6.08 Å². The van der Waals surface area contributed by atoms with Crippen LogP contribution in [0.3, 0.4) is 0 Å². The van der Waals surface area contributed by atoms with E-state index in [-0.39, 0.29) is 5.78 Å². The zero-order valence-corrected chi connectivity index (χ0v) is 11.1. The number of carbonyl (C=O) groups excluding carboxylic acids is 1. The maximum atomic E-state index is 12.3. The summed E-state index contributed by atoms with van der Waals surface area (Å²) in [7, 11) is 0. The van der Waals surface area contributed by atoms with Crippen molar-refractivity contribution in [2.45, 2.75) is 38.7 Å². The summed E-state index contributed by atoms with van der Waals surface area (Å²) >= 11 is 0. The summed E-state index contributed by atoms with van der Waals surface area (Å²) in [5, 5.41) is 11.1. The summed E-state index contributed by atoms with van der Waals surface area (Å²) < 4.78 is 0. The van der Waals surface area contributed by atoms with E-state index in [0.717, 1.165) is 30.4 Å². The van der Waals surface area contributed by atoms with E-state index in [2.05, 4.69) is 6.58 Å². The number of rotatable bonds is 4. The minimum Gasteiger partial charge on any atom is -0.376 e. The third-order valence-electron chi connectivity index (χ3n) is 4.60. The second-order valence-corrected chi connectivity index (χ2v) is 5.10. The van der Waals surface area contributed by atoms with Crippen molar-refractivity contribution in [2.24, 2.45) is 5.41 Å². The van der Waals surface area contributed by atoms with E-state index >= 15 is 0 Å². The van der Waals surface area contributed by atoms with Crippen LogP contribution >= 0.6 is 0 Å². The quantitative estimate of drug-likeness (QED) is 0.827. The topological polar surface area (TPSA) is 37.3 Å². The highest BCUT2D eigenvalue weighted by molar-refractivity contribution is 5.99. The number of hydrogen-bond donors (Lipinski definition) is 1. The lowest BCUT2D eigenvalue weighted by Gasteiger charge is -2.40. The van der Waals surface area contributed by atoms with E-state index in [9.17, 15) is 9.90 Å². The Labute approximate surface area is 108 Å². The van der Waals surface area contributed by atoms with E-state index in [0.29, 0.717) is 0 Å². The third kappa shape index (κ3) is 1.42. The van der Waals surface area contributed by atoms with E-state index in [1.54, 1.807) is 0 Å². The van der Waals surface area contributed by atoms with Crippen LogP contribution in [0.5, 0.6) is 0 Å². The summed E-state index contributed by atoms with van der Waals surface area (Å²) in [6, 6.07) is 7.70. The second-order valence-electron chi connectivity index (χ2n) is 5.10. The summed E-state index contributed by atoms with van der Waals surface area (Å²) in [5.74, 6) is -0.281. The maximum absolute atomic E-state index is 12.3. The molecule has 0 fully saturated rings. The van der Waals surface area contributed by atoms with Crippen LogP contribution in [-0.4, -0.2) is 10.9 Å². The van der Waals surface area contributed by atoms with Gasteiger partial charge in [-0.15, -0.1) is 0 Å². The van der Waals surface area contributed by atoms with Crippen molar-refractivity contribution in [2.75, 3.05) is 0 Å². The zero-order chi connectivity index (χ0) is 13.4. The van der Waals surface area contributed by atoms with Crippen molar-refractivity contribution >= 4 is 5.78 Å². The largest absolute Gasteiger partial charge is 0.376 e. The molecule has 2 heteroatoms. The van der Waals surface area contributed by atoms with Crippen molar-refractivity contribution < 1.29 is 9.90 Å². The molecule has 1 aromatic carbocycles. The molecular weight excluding hydrogens is 224 g/mol. The van der Waals surface area contributed by atoms with Crippen molar-refractivity contribution in [1.82, 2.24) is 0 Å². The van der Waals surface area contributed by atoms with Gasteiger partial charge >= 0.3 is 0 Å². The molecule has 1 aliphatic carbocycles. The Hall–Kier alpha value is -1.41. The first-order valence-corrected chi connectivity index (χ1v) is 6.53. The highest BCUT2D eigenvalue weighted by Crippen LogP contribution is 2.54. The Bertz CT molecular complexity index is 486. The van der Waals surface area contributed by atoms with Crippen LogP contribution < -0.4 is 0 Å². The molecule has 96 valence electrons. The molecule has 0 bridgehead atoms. The molecule has 0 aliphatic heterocycles. The van der Waals surface area contributed by atoms with Gasteiger partial charge in [0, 0.05) is 5.41 Å². The first-order chi connectivity index (χ1) is 8.55. The minimum atomic E-state index is -1.41. The number of carbonyl (C=O) groups is 1. The van der Waals surface area contributed by atoms with Gasteiger partial charge in [0.2, 0.25) is 0 Å². The molecule has 1 aromatic rings. The number of hydrogen-bond acceptors (Lipinski definition) is 2. The molecular formula is C16H20O2.